The summed E-state index contributed by atoms with van der Waals surface area (Å²) < 4.78 is 11.5. The highest BCUT2D eigenvalue weighted by Crippen LogP contribution is 2.29. The molecule has 3 rings (SSSR count). The predicted octanol–water partition coefficient (Wildman–Crippen LogP) is 2.15. The lowest BCUT2D eigenvalue weighted by atomic mass is 10.0. The Kier molecular flexibility index (Phi) is 4.99. The van der Waals surface area contributed by atoms with Gasteiger partial charge in [0.25, 0.3) is 0 Å². The van der Waals surface area contributed by atoms with Gasteiger partial charge in [-0.2, -0.15) is 0 Å². The molecule has 2 heterocycles. The van der Waals surface area contributed by atoms with E-state index in [4.69, 9.17) is 9.47 Å². The van der Waals surface area contributed by atoms with Gasteiger partial charge < -0.3 is 19.7 Å². The van der Waals surface area contributed by atoms with Gasteiger partial charge in [0.1, 0.15) is 6.10 Å². The largest absolute Gasteiger partial charge is 0.493 e. The average Bonchev–Trinajstić information content (AvgIpc) is 3.03. The Labute approximate surface area is 127 Å². The smallest absolute Gasteiger partial charge is 0.161 e. The molecule has 1 atom stereocenters. The molecular weight excluding hydrogens is 264 g/mol. The Morgan fingerprint density at radius 3 is 2.57 bits per heavy atom. The molecule has 1 N–H and O–H groups in total. The Bertz CT molecular complexity index is 438. The minimum Gasteiger partial charge on any atom is -0.493 e. The van der Waals surface area contributed by atoms with E-state index in [1.807, 2.05) is 24.3 Å². The number of hydrogen-bond donors (Lipinski definition) is 1. The number of rotatable bonds is 5. The van der Waals surface area contributed by atoms with E-state index in [9.17, 15) is 0 Å². The topological polar surface area (TPSA) is 33.7 Å². The molecule has 116 valence electrons. The molecule has 2 fully saturated rings. The zero-order valence-corrected chi connectivity index (χ0v) is 12.9. The number of nitrogens with zero attached hydrogens (tertiary/aromatic N) is 1. The van der Waals surface area contributed by atoms with E-state index >= 15 is 0 Å². The quantitative estimate of drug-likeness (QED) is 0.901. The maximum atomic E-state index is 6.13. The van der Waals surface area contributed by atoms with Gasteiger partial charge in [-0.3, -0.25) is 0 Å². The van der Waals surface area contributed by atoms with Crippen molar-refractivity contribution in [2.24, 2.45) is 5.92 Å². The van der Waals surface area contributed by atoms with E-state index in [2.05, 4.69) is 10.2 Å². The summed E-state index contributed by atoms with van der Waals surface area (Å²) in [5.74, 6) is 2.55. The number of likely N-dealkylation sites (tertiary alicyclic amines) is 1. The molecule has 0 spiro atoms. The molecule has 21 heavy (non-hydrogen) atoms. The fraction of sp³-hybridized carbons (Fsp3) is 0.647. The highest BCUT2D eigenvalue weighted by atomic mass is 16.5. The minimum atomic E-state index is 0.319. The number of ether oxygens (including phenoxy) is 2. The van der Waals surface area contributed by atoms with Gasteiger partial charge in [0.2, 0.25) is 0 Å². The zero-order chi connectivity index (χ0) is 14.5. The van der Waals surface area contributed by atoms with Crippen molar-refractivity contribution in [3.8, 4) is 11.5 Å². The van der Waals surface area contributed by atoms with Crippen molar-refractivity contribution in [3.63, 3.8) is 0 Å². The molecule has 0 unspecified atom stereocenters. The van der Waals surface area contributed by atoms with Crippen LogP contribution in [0.5, 0.6) is 11.5 Å². The van der Waals surface area contributed by atoms with Crippen LogP contribution in [0.4, 0.5) is 0 Å². The monoisotopic (exact) mass is 290 g/mol. The van der Waals surface area contributed by atoms with Crippen LogP contribution in [-0.2, 0) is 0 Å². The standard InChI is InChI=1S/C17H26N2O2/c1-20-16-4-2-3-5-17(16)21-15-7-10-19(11-8-15)13-14-6-9-18-12-14/h2-5,14-15,18H,6-13H2,1H3/t14-/m1/s1. The van der Waals surface area contributed by atoms with Crippen LogP contribution in [0.25, 0.3) is 0 Å². The van der Waals surface area contributed by atoms with Crippen LogP contribution in [0.15, 0.2) is 24.3 Å². The third kappa shape index (κ3) is 3.89. The van der Waals surface area contributed by atoms with Crippen molar-refractivity contribution in [1.29, 1.82) is 0 Å². The summed E-state index contributed by atoms with van der Waals surface area (Å²) in [7, 11) is 1.69. The van der Waals surface area contributed by atoms with E-state index < -0.39 is 0 Å². The highest BCUT2D eigenvalue weighted by molar-refractivity contribution is 5.39. The maximum absolute atomic E-state index is 6.13. The number of hydrogen-bond acceptors (Lipinski definition) is 4. The molecule has 4 nitrogen and oxygen atoms in total. The van der Waals surface area contributed by atoms with Crippen molar-refractivity contribution in [3.05, 3.63) is 24.3 Å². The van der Waals surface area contributed by atoms with Crippen LogP contribution in [0.3, 0.4) is 0 Å². The second-order valence-corrected chi connectivity index (χ2v) is 6.13. The molecule has 0 bridgehead atoms. The number of nitrogens with one attached hydrogen (secondary N) is 1. The molecule has 1 aromatic rings. The predicted molar refractivity (Wildman–Crippen MR) is 84.1 cm³/mol. The normalized spacial score (nSPS) is 24.1. The van der Waals surface area contributed by atoms with Crippen molar-refractivity contribution >= 4 is 0 Å². The second-order valence-electron chi connectivity index (χ2n) is 6.13. The molecule has 2 aliphatic heterocycles. The summed E-state index contributed by atoms with van der Waals surface area (Å²) in [6.45, 7) is 5.93. The molecule has 4 heteroatoms. The van der Waals surface area contributed by atoms with E-state index in [-0.39, 0.29) is 0 Å². The summed E-state index contributed by atoms with van der Waals surface area (Å²) in [5.41, 5.74) is 0. The fourth-order valence-corrected chi connectivity index (χ4v) is 3.34. The summed E-state index contributed by atoms with van der Waals surface area (Å²) >= 11 is 0. The first kappa shape index (κ1) is 14.7. The Morgan fingerprint density at radius 2 is 1.90 bits per heavy atom. The SMILES string of the molecule is COc1ccccc1OC1CCN(C[C@@H]2CCNC2)CC1. The number of para-hydroxylation sites is 2. The van der Waals surface area contributed by atoms with Crippen molar-refractivity contribution in [2.45, 2.75) is 25.4 Å². The Balaban J connectivity index is 1.47. The van der Waals surface area contributed by atoms with Gasteiger partial charge in [0.15, 0.2) is 11.5 Å². The van der Waals surface area contributed by atoms with Gasteiger partial charge in [-0.05, 0) is 50.4 Å². The first-order valence-corrected chi connectivity index (χ1v) is 8.08. The van der Waals surface area contributed by atoms with Crippen LogP contribution in [-0.4, -0.2) is 50.8 Å². The Morgan fingerprint density at radius 1 is 1.14 bits per heavy atom. The van der Waals surface area contributed by atoms with Crippen molar-refractivity contribution < 1.29 is 9.47 Å². The number of piperidine rings is 1. The van der Waals surface area contributed by atoms with Gasteiger partial charge in [0.05, 0.1) is 7.11 Å². The summed E-state index contributed by atoms with van der Waals surface area (Å²) in [4.78, 5) is 2.60. The van der Waals surface area contributed by atoms with E-state index in [1.54, 1.807) is 7.11 Å². The van der Waals surface area contributed by atoms with Crippen molar-refractivity contribution in [2.75, 3.05) is 39.8 Å². The van der Waals surface area contributed by atoms with Gasteiger partial charge in [-0.15, -0.1) is 0 Å². The molecule has 2 aliphatic rings. The van der Waals surface area contributed by atoms with Crippen LogP contribution in [0.1, 0.15) is 19.3 Å². The van der Waals surface area contributed by atoms with E-state index in [0.29, 0.717) is 6.10 Å². The first-order valence-electron chi connectivity index (χ1n) is 8.08. The zero-order valence-electron chi connectivity index (χ0n) is 12.9. The average molecular weight is 290 g/mol. The fourth-order valence-electron chi connectivity index (χ4n) is 3.34. The molecule has 1 aromatic carbocycles. The van der Waals surface area contributed by atoms with Gasteiger partial charge in [-0.1, -0.05) is 12.1 Å². The lowest BCUT2D eigenvalue weighted by Crippen LogP contribution is -2.41. The molecule has 0 amide bonds. The number of benzene rings is 1. The molecule has 2 saturated heterocycles. The third-order valence-electron chi connectivity index (χ3n) is 4.58. The van der Waals surface area contributed by atoms with Crippen LogP contribution in [0, 0.1) is 5.92 Å². The van der Waals surface area contributed by atoms with Crippen LogP contribution < -0.4 is 14.8 Å². The maximum Gasteiger partial charge on any atom is 0.161 e. The van der Waals surface area contributed by atoms with Gasteiger partial charge in [0, 0.05) is 19.6 Å². The number of methoxy groups -OCH3 is 1. The van der Waals surface area contributed by atoms with Gasteiger partial charge >= 0.3 is 0 Å². The van der Waals surface area contributed by atoms with Gasteiger partial charge in [-0.25, -0.2) is 0 Å². The first-order chi connectivity index (χ1) is 10.3. The van der Waals surface area contributed by atoms with E-state index in [0.717, 1.165) is 43.3 Å². The molecule has 0 radical (unpaired) electrons. The highest BCUT2D eigenvalue weighted by Gasteiger charge is 2.24. The third-order valence-corrected chi connectivity index (χ3v) is 4.58. The molecular formula is C17H26N2O2. The van der Waals surface area contributed by atoms with E-state index in [1.165, 1.54) is 26.1 Å². The van der Waals surface area contributed by atoms with Crippen LogP contribution in [0.2, 0.25) is 0 Å². The lowest BCUT2D eigenvalue weighted by molar-refractivity contribution is 0.0905. The lowest BCUT2D eigenvalue weighted by Gasteiger charge is -2.33. The Hall–Kier alpha value is -1.26. The van der Waals surface area contributed by atoms with Crippen LogP contribution >= 0.6 is 0 Å². The van der Waals surface area contributed by atoms with Crippen molar-refractivity contribution in [1.82, 2.24) is 10.2 Å². The summed E-state index contributed by atoms with van der Waals surface area (Å²) in [6.07, 6.45) is 3.87. The molecule has 0 saturated carbocycles. The molecule has 0 aliphatic carbocycles. The minimum absolute atomic E-state index is 0.319. The summed E-state index contributed by atoms with van der Waals surface area (Å²) in [5, 5.41) is 3.45. The second kappa shape index (κ2) is 7.14. The molecule has 0 aromatic heterocycles. The summed E-state index contributed by atoms with van der Waals surface area (Å²) in [6, 6.07) is 7.93.